The molecule has 2 heteroatoms. The summed E-state index contributed by atoms with van der Waals surface area (Å²) >= 11 is 4.41. The number of hydrogen-bond acceptors (Lipinski definition) is 2. The summed E-state index contributed by atoms with van der Waals surface area (Å²) in [6.45, 7) is 2.18. The van der Waals surface area contributed by atoms with Gasteiger partial charge in [0.1, 0.15) is 4.93 Å². The summed E-state index contributed by atoms with van der Waals surface area (Å²) in [5.74, 6) is 0.579. The van der Waals surface area contributed by atoms with Gasteiger partial charge in [-0.25, -0.2) is 0 Å². The van der Waals surface area contributed by atoms with Crippen LogP contribution in [0.5, 0.6) is 0 Å². The first-order valence-corrected chi connectivity index (χ1v) is 3.75. The van der Waals surface area contributed by atoms with E-state index in [1.165, 1.54) is 0 Å². The van der Waals surface area contributed by atoms with Crippen molar-refractivity contribution in [2.75, 3.05) is 0 Å². The molecule has 0 aromatic heterocycles. The van der Waals surface area contributed by atoms with Crippen LogP contribution in [0.1, 0.15) is 13.3 Å². The van der Waals surface area contributed by atoms with E-state index in [4.69, 9.17) is 4.74 Å². The molecule has 2 heterocycles. The molecule has 1 fully saturated rings. The van der Waals surface area contributed by atoms with Gasteiger partial charge in [-0.15, -0.1) is 12.6 Å². The summed E-state index contributed by atoms with van der Waals surface area (Å²) in [4.78, 5) is -0.218. The van der Waals surface area contributed by atoms with Gasteiger partial charge in [-0.1, -0.05) is 13.0 Å². The maximum absolute atomic E-state index is 5.53. The van der Waals surface area contributed by atoms with Crippen molar-refractivity contribution in [3.05, 3.63) is 12.2 Å². The van der Waals surface area contributed by atoms with Crippen LogP contribution >= 0.6 is 12.6 Å². The van der Waals surface area contributed by atoms with Gasteiger partial charge in [0.2, 0.25) is 0 Å². The van der Waals surface area contributed by atoms with E-state index in [-0.39, 0.29) is 4.93 Å². The third-order valence-electron chi connectivity index (χ3n) is 2.18. The summed E-state index contributed by atoms with van der Waals surface area (Å²) in [6, 6.07) is 0. The highest BCUT2D eigenvalue weighted by molar-refractivity contribution is 7.81. The molecule has 3 atom stereocenters. The lowest BCUT2D eigenvalue weighted by Gasteiger charge is -2.20. The topological polar surface area (TPSA) is 9.23 Å². The molecule has 1 saturated heterocycles. The third-order valence-corrected chi connectivity index (χ3v) is 2.88. The average molecular weight is 142 g/mol. The van der Waals surface area contributed by atoms with E-state index in [1.807, 2.05) is 0 Å². The molecule has 0 aliphatic carbocycles. The molecule has 0 spiro atoms. The van der Waals surface area contributed by atoms with Crippen molar-refractivity contribution < 1.29 is 4.74 Å². The number of thiol groups is 1. The second-order valence-corrected chi connectivity index (χ2v) is 3.60. The van der Waals surface area contributed by atoms with Crippen LogP contribution in [0.4, 0.5) is 0 Å². The van der Waals surface area contributed by atoms with Crippen molar-refractivity contribution in [1.82, 2.24) is 0 Å². The molecule has 0 radical (unpaired) electrons. The molecule has 2 aliphatic heterocycles. The molecule has 0 amide bonds. The van der Waals surface area contributed by atoms with Gasteiger partial charge in [0.25, 0.3) is 0 Å². The molecule has 2 rings (SSSR count). The van der Waals surface area contributed by atoms with Crippen LogP contribution in [0.25, 0.3) is 0 Å². The minimum Gasteiger partial charge on any atom is -0.353 e. The largest absolute Gasteiger partial charge is 0.353 e. The summed E-state index contributed by atoms with van der Waals surface area (Å²) < 4.78 is 5.53. The van der Waals surface area contributed by atoms with E-state index in [2.05, 4.69) is 31.7 Å². The Morgan fingerprint density at radius 2 is 2.56 bits per heavy atom. The number of hydrogen-bond donors (Lipinski definition) is 1. The predicted octanol–water partition coefficient (Wildman–Crippen LogP) is 1.61. The van der Waals surface area contributed by atoms with E-state index in [9.17, 15) is 0 Å². The Hall–Kier alpha value is 0.0500. The maximum atomic E-state index is 5.53. The van der Waals surface area contributed by atoms with Crippen LogP contribution < -0.4 is 0 Å². The van der Waals surface area contributed by atoms with Crippen LogP contribution in [0.15, 0.2) is 12.2 Å². The summed E-state index contributed by atoms with van der Waals surface area (Å²) in [7, 11) is 0. The van der Waals surface area contributed by atoms with Gasteiger partial charge >= 0.3 is 0 Å². The fourth-order valence-corrected chi connectivity index (χ4v) is 1.82. The molecule has 0 aromatic carbocycles. The van der Waals surface area contributed by atoms with E-state index in [1.54, 1.807) is 0 Å². The third kappa shape index (κ3) is 0.665. The lowest BCUT2D eigenvalue weighted by Crippen LogP contribution is -2.21. The highest BCUT2D eigenvalue weighted by atomic mass is 32.1. The van der Waals surface area contributed by atoms with Crippen molar-refractivity contribution in [2.24, 2.45) is 5.92 Å². The van der Waals surface area contributed by atoms with Crippen LogP contribution in [-0.2, 0) is 4.74 Å². The fraction of sp³-hybridized carbons (Fsp3) is 0.714. The maximum Gasteiger partial charge on any atom is 0.133 e. The summed E-state index contributed by atoms with van der Waals surface area (Å²) in [5, 5.41) is 0. The van der Waals surface area contributed by atoms with E-state index >= 15 is 0 Å². The fourth-order valence-electron chi connectivity index (χ4n) is 1.49. The lowest BCUT2D eigenvalue weighted by atomic mass is 9.96. The minimum absolute atomic E-state index is 0.218. The van der Waals surface area contributed by atoms with Crippen molar-refractivity contribution in [3.8, 4) is 0 Å². The monoisotopic (exact) mass is 142 g/mol. The predicted molar refractivity (Wildman–Crippen MR) is 39.5 cm³/mol. The van der Waals surface area contributed by atoms with Gasteiger partial charge in [-0.3, -0.25) is 0 Å². The van der Waals surface area contributed by atoms with Crippen molar-refractivity contribution in [2.45, 2.75) is 24.4 Å². The number of fused-ring (bicyclic) bond motifs is 2. The van der Waals surface area contributed by atoms with Crippen LogP contribution in [-0.4, -0.2) is 11.0 Å². The Morgan fingerprint density at radius 3 is 2.78 bits per heavy atom. The van der Waals surface area contributed by atoms with Gasteiger partial charge in [-0.2, -0.15) is 0 Å². The Balaban J connectivity index is 2.33. The summed E-state index contributed by atoms with van der Waals surface area (Å²) in [5.41, 5.74) is 0. The lowest BCUT2D eigenvalue weighted by molar-refractivity contribution is 0.0873. The molecule has 3 unspecified atom stereocenters. The molecular weight excluding hydrogens is 132 g/mol. The van der Waals surface area contributed by atoms with Gasteiger partial charge in [0.15, 0.2) is 0 Å². The summed E-state index contributed by atoms with van der Waals surface area (Å²) in [6.07, 6.45) is 5.67. The van der Waals surface area contributed by atoms with Gasteiger partial charge < -0.3 is 4.74 Å². The van der Waals surface area contributed by atoms with Crippen LogP contribution in [0.3, 0.4) is 0 Å². The first-order chi connectivity index (χ1) is 4.21. The number of ether oxygens (including phenoxy) is 1. The smallest absolute Gasteiger partial charge is 0.133 e. The molecule has 2 bridgehead atoms. The standard InChI is InChI=1S/C7H10OS/c1-5-4-6-2-3-7(5,9)8-6/h2-3,5-6,9H,4H2,1H3. The zero-order valence-electron chi connectivity index (χ0n) is 5.37. The molecule has 2 aliphatic rings. The SMILES string of the molecule is CC1CC2C=CC1(S)O2. The highest BCUT2D eigenvalue weighted by Gasteiger charge is 2.44. The Bertz CT molecular complexity index is 166. The minimum atomic E-state index is -0.218. The molecule has 0 saturated carbocycles. The molecule has 50 valence electrons. The van der Waals surface area contributed by atoms with Gasteiger partial charge in [0.05, 0.1) is 6.10 Å². The van der Waals surface area contributed by atoms with Crippen molar-refractivity contribution >= 4 is 12.6 Å². The zero-order valence-corrected chi connectivity index (χ0v) is 6.27. The van der Waals surface area contributed by atoms with Crippen molar-refractivity contribution in [3.63, 3.8) is 0 Å². The molecule has 0 aromatic rings. The van der Waals surface area contributed by atoms with E-state index in [0.717, 1.165) is 6.42 Å². The highest BCUT2D eigenvalue weighted by Crippen LogP contribution is 2.44. The quantitative estimate of drug-likeness (QED) is 0.399. The zero-order chi connectivity index (χ0) is 6.48. The van der Waals surface area contributed by atoms with E-state index < -0.39 is 0 Å². The molecule has 1 nitrogen and oxygen atoms in total. The molecule has 0 N–H and O–H groups in total. The normalized spacial score (nSPS) is 54.9. The first-order valence-electron chi connectivity index (χ1n) is 3.30. The number of rotatable bonds is 0. The Morgan fingerprint density at radius 1 is 1.78 bits per heavy atom. The van der Waals surface area contributed by atoms with Crippen molar-refractivity contribution in [1.29, 1.82) is 0 Å². The van der Waals surface area contributed by atoms with Gasteiger partial charge in [-0.05, 0) is 12.5 Å². The average Bonchev–Trinajstić information content (AvgIpc) is 2.22. The molecular formula is C7H10OS. The van der Waals surface area contributed by atoms with E-state index in [0.29, 0.717) is 12.0 Å². The van der Waals surface area contributed by atoms with Crippen LogP contribution in [0, 0.1) is 5.92 Å². The van der Waals surface area contributed by atoms with Crippen LogP contribution in [0.2, 0.25) is 0 Å². The Kier molecular flexibility index (Phi) is 1.00. The second kappa shape index (κ2) is 1.55. The van der Waals surface area contributed by atoms with Gasteiger partial charge in [0, 0.05) is 5.92 Å². The second-order valence-electron chi connectivity index (χ2n) is 2.90. The molecule has 9 heavy (non-hydrogen) atoms. The Labute approximate surface area is 60.5 Å². The first kappa shape index (κ1) is 5.81.